The molecule has 0 aliphatic heterocycles. The Morgan fingerprint density at radius 1 is 0.757 bits per heavy atom. The highest BCUT2D eigenvalue weighted by atomic mass is 32.2. The second-order valence-corrected chi connectivity index (χ2v) is 15.0. The van der Waals surface area contributed by atoms with Crippen molar-refractivity contribution in [2.45, 2.75) is 78.1 Å². The van der Waals surface area contributed by atoms with E-state index in [0.717, 1.165) is 16.7 Å². The van der Waals surface area contributed by atoms with E-state index in [1.807, 2.05) is 0 Å². The van der Waals surface area contributed by atoms with Crippen LogP contribution in [0.2, 0.25) is 0 Å². The Bertz CT molecular complexity index is 1170. The lowest BCUT2D eigenvalue weighted by Crippen LogP contribution is -2.58. The van der Waals surface area contributed by atoms with Crippen LogP contribution < -0.4 is 0 Å². The standard InChI is InChI=1S/C33H38O2S2/c1-22-4-10-29(11-5-22)37(30-12-6-23(2)7-13-30)31-14-8-28(9-15-31)36-21-32(34)35-33(3)26-17-24-16-25(19-26)20-27(33)18-24/h4-15,24-27,37H,16-21H2,1-3H3. The van der Waals surface area contributed by atoms with E-state index in [1.54, 1.807) is 11.8 Å². The van der Waals surface area contributed by atoms with Crippen LogP contribution in [0.1, 0.15) is 50.2 Å². The third-order valence-corrected chi connectivity index (χ3v) is 12.6. The molecule has 4 aliphatic carbocycles. The van der Waals surface area contributed by atoms with Gasteiger partial charge in [-0.2, -0.15) is 10.9 Å². The van der Waals surface area contributed by atoms with Gasteiger partial charge in [0.15, 0.2) is 0 Å². The number of thioether (sulfide) groups is 1. The monoisotopic (exact) mass is 530 g/mol. The van der Waals surface area contributed by atoms with Crippen LogP contribution in [0.15, 0.2) is 92.4 Å². The van der Waals surface area contributed by atoms with Crippen LogP contribution in [-0.4, -0.2) is 17.3 Å². The van der Waals surface area contributed by atoms with Crippen molar-refractivity contribution in [3.8, 4) is 0 Å². The first-order valence-electron chi connectivity index (χ1n) is 13.8. The highest BCUT2D eigenvalue weighted by molar-refractivity contribution is 8.17. The number of rotatable bonds is 7. The average Bonchev–Trinajstić information content (AvgIpc) is 2.89. The number of aryl methyl sites for hydroxylation is 2. The van der Waals surface area contributed by atoms with Crippen LogP contribution in [0, 0.1) is 37.5 Å². The molecule has 0 radical (unpaired) electrons. The van der Waals surface area contributed by atoms with Crippen LogP contribution in [0.4, 0.5) is 0 Å². The van der Waals surface area contributed by atoms with Crippen molar-refractivity contribution < 1.29 is 9.53 Å². The molecule has 0 spiro atoms. The number of hydrogen-bond donors (Lipinski definition) is 1. The number of hydrogen-bond acceptors (Lipinski definition) is 3. The molecule has 7 rings (SSSR count). The van der Waals surface area contributed by atoms with E-state index >= 15 is 0 Å². The van der Waals surface area contributed by atoms with E-state index in [2.05, 4.69) is 93.6 Å². The van der Waals surface area contributed by atoms with Crippen LogP contribution in [0.5, 0.6) is 0 Å². The van der Waals surface area contributed by atoms with Crippen molar-refractivity contribution in [2.75, 3.05) is 5.75 Å². The molecule has 0 heterocycles. The maximum absolute atomic E-state index is 13.0. The molecular formula is C33H38O2S2. The number of esters is 1. The summed E-state index contributed by atoms with van der Waals surface area (Å²) in [5.41, 5.74) is 2.32. The first kappa shape index (κ1) is 25.1. The van der Waals surface area contributed by atoms with E-state index in [0.29, 0.717) is 17.6 Å². The van der Waals surface area contributed by atoms with E-state index in [1.165, 1.54) is 57.9 Å². The minimum absolute atomic E-state index is 0.0504. The van der Waals surface area contributed by atoms with E-state index in [-0.39, 0.29) is 11.6 Å². The number of benzene rings is 3. The zero-order chi connectivity index (χ0) is 25.6. The van der Waals surface area contributed by atoms with Crippen LogP contribution in [0.3, 0.4) is 0 Å². The molecule has 3 aromatic carbocycles. The number of carbonyl (C=O) groups excluding carboxylic acids is 1. The van der Waals surface area contributed by atoms with Crippen LogP contribution >= 0.6 is 22.7 Å². The van der Waals surface area contributed by atoms with Crippen molar-refractivity contribution in [3.63, 3.8) is 0 Å². The Balaban J connectivity index is 1.13. The first-order valence-corrected chi connectivity index (χ1v) is 16.1. The summed E-state index contributed by atoms with van der Waals surface area (Å²) in [6, 6.07) is 26.7. The van der Waals surface area contributed by atoms with Crippen molar-refractivity contribution in [1.29, 1.82) is 0 Å². The quantitative estimate of drug-likeness (QED) is 0.188. The molecule has 4 heteroatoms. The zero-order valence-electron chi connectivity index (χ0n) is 22.2. The fourth-order valence-corrected chi connectivity index (χ4v) is 10.1. The van der Waals surface area contributed by atoms with Gasteiger partial charge in [0.2, 0.25) is 0 Å². The maximum atomic E-state index is 13.0. The van der Waals surface area contributed by atoms with Gasteiger partial charge in [0.25, 0.3) is 0 Å². The van der Waals surface area contributed by atoms with Crippen LogP contribution in [0.25, 0.3) is 0 Å². The van der Waals surface area contributed by atoms with E-state index < -0.39 is 10.9 Å². The van der Waals surface area contributed by atoms with E-state index in [4.69, 9.17) is 4.74 Å². The van der Waals surface area contributed by atoms with Gasteiger partial charge in [-0.1, -0.05) is 35.4 Å². The Labute approximate surface area is 228 Å². The fraction of sp³-hybridized carbons (Fsp3) is 0.424. The average molecular weight is 531 g/mol. The third kappa shape index (κ3) is 5.12. The van der Waals surface area contributed by atoms with Crippen molar-refractivity contribution in [2.24, 2.45) is 23.7 Å². The van der Waals surface area contributed by atoms with Gasteiger partial charge in [0.1, 0.15) is 5.60 Å². The SMILES string of the molecule is Cc1ccc([SH](c2ccc(C)cc2)c2ccc(SCC(=O)OC3(C)C4CC5CC(C4)CC3C5)cc2)cc1. The second kappa shape index (κ2) is 10.2. The molecule has 0 saturated heterocycles. The first-order chi connectivity index (χ1) is 17.9. The lowest BCUT2D eigenvalue weighted by molar-refractivity contribution is -0.200. The molecule has 4 fully saturated rings. The summed E-state index contributed by atoms with van der Waals surface area (Å²) < 4.78 is 6.28. The number of ether oxygens (including phenoxy) is 1. The number of carbonyl (C=O) groups is 1. The minimum atomic E-state index is -0.630. The van der Waals surface area contributed by atoms with Gasteiger partial charge in [-0.25, -0.2) is 0 Å². The van der Waals surface area contributed by atoms with Crippen molar-refractivity contribution in [3.05, 3.63) is 83.9 Å². The van der Waals surface area contributed by atoms with Gasteiger partial charge < -0.3 is 4.74 Å². The topological polar surface area (TPSA) is 26.3 Å². The molecule has 2 nitrogen and oxygen atoms in total. The minimum Gasteiger partial charge on any atom is -0.458 e. The summed E-state index contributed by atoms with van der Waals surface area (Å²) in [5, 5.41) is 0. The summed E-state index contributed by atoms with van der Waals surface area (Å²) in [7, 11) is -0.630. The van der Waals surface area contributed by atoms with Crippen molar-refractivity contribution >= 4 is 28.6 Å². The fourth-order valence-electron chi connectivity index (χ4n) is 7.23. The predicted molar refractivity (Wildman–Crippen MR) is 155 cm³/mol. The second-order valence-electron chi connectivity index (χ2n) is 11.8. The summed E-state index contributed by atoms with van der Waals surface area (Å²) in [6.07, 6.45) is 6.46. The molecular weight excluding hydrogens is 492 g/mol. The summed E-state index contributed by atoms with van der Waals surface area (Å²) >= 11 is 1.60. The highest BCUT2D eigenvalue weighted by Gasteiger charge is 2.56. The van der Waals surface area contributed by atoms with Gasteiger partial charge in [-0.3, -0.25) is 4.79 Å². The number of thiol groups is 1. The molecule has 194 valence electrons. The van der Waals surface area contributed by atoms with Gasteiger partial charge >= 0.3 is 5.97 Å². The van der Waals surface area contributed by atoms with Gasteiger partial charge in [-0.15, -0.1) is 11.8 Å². The Morgan fingerprint density at radius 3 is 1.65 bits per heavy atom. The smallest absolute Gasteiger partial charge is 0.316 e. The molecule has 0 amide bonds. The summed E-state index contributed by atoms with van der Waals surface area (Å²) in [4.78, 5) is 18.1. The summed E-state index contributed by atoms with van der Waals surface area (Å²) in [6.45, 7) is 6.51. The predicted octanol–water partition coefficient (Wildman–Crippen LogP) is 8.63. The molecule has 4 aliphatic rings. The van der Waals surface area contributed by atoms with Gasteiger partial charge in [0, 0.05) is 4.90 Å². The normalized spacial score (nSPS) is 28.2. The van der Waals surface area contributed by atoms with E-state index in [9.17, 15) is 4.79 Å². The Morgan fingerprint density at radius 2 is 1.19 bits per heavy atom. The van der Waals surface area contributed by atoms with Crippen molar-refractivity contribution in [1.82, 2.24) is 0 Å². The Kier molecular flexibility index (Phi) is 6.92. The summed E-state index contributed by atoms with van der Waals surface area (Å²) in [5.74, 6) is 3.23. The van der Waals surface area contributed by atoms with Gasteiger partial charge in [0.05, 0.1) is 5.75 Å². The van der Waals surface area contributed by atoms with Crippen LogP contribution in [-0.2, 0) is 9.53 Å². The van der Waals surface area contributed by atoms with Gasteiger partial charge in [-0.05, 0) is 140 Å². The molecule has 37 heavy (non-hydrogen) atoms. The third-order valence-electron chi connectivity index (χ3n) is 9.13. The lowest BCUT2D eigenvalue weighted by atomic mass is 9.50. The molecule has 3 aromatic rings. The molecule has 4 bridgehead atoms. The molecule has 0 aromatic heterocycles. The molecule has 0 unspecified atom stereocenters. The largest absolute Gasteiger partial charge is 0.458 e. The zero-order valence-corrected chi connectivity index (χ0v) is 23.9. The molecule has 4 saturated carbocycles. The Hall–Kier alpha value is -2.17. The molecule has 0 N–H and O–H groups in total. The highest BCUT2D eigenvalue weighted by Crippen LogP contribution is 2.59. The molecule has 0 atom stereocenters. The maximum Gasteiger partial charge on any atom is 0.316 e. The lowest BCUT2D eigenvalue weighted by Gasteiger charge is -2.59.